The summed E-state index contributed by atoms with van der Waals surface area (Å²) in [4.78, 5) is 0. The number of hydrogen-bond donors (Lipinski definition) is 0. The van der Waals surface area contributed by atoms with Crippen molar-refractivity contribution in [2.45, 2.75) is 7.43 Å². The molecule has 0 spiro atoms. The molecule has 2 nitrogen and oxygen atoms in total. The molecule has 0 aliphatic rings. The molecule has 0 saturated heterocycles. The van der Waals surface area contributed by atoms with Crippen molar-refractivity contribution in [1.29, 1.82) is 0 Å². The molecule has 4 heteroatoms. The van der Waals surface area contributed by atoms with E-state index in [1.807, 2.05) is 0 Å². The molecular formula is C15H36N2Pd2-6. The Hall–Kier alpha value is -0.235. The topological polar surface area (TPSA) is 67.0 Å². The van der Waals surface area contributed by atoms with Crippen molar-refractivity contribution in [3.63, 3.8) is 0 Å². The Bertz CT molecular complexity index is 90.7. The third-order valence-electron chi connectivity index (χ3n) is 0. The molecule has 0 aliphatic carbocycles. The molecule has 0 fully saturated rings. The van der Waals surface area contributed by atoms with Crippen molar-refractivity contribution in [2.24, 2.45) is 0 Å². The third-order valence-corrected chi connectivity index (χ3v) is 0. The normalized spacial score (nSPS) is 1.26. The van der Waals surface area contributed by atoms with Crippen LogP contribution in [0.3, 0.4) is 0 Å². The zero-order chi connectivity index (χ0) is 9.41. The van der Waals surface area contributed by atoms with Gasteiger partial charge in [0, 0.05) is 40.8 Å². The summed E-state index contributed by atoms with van der Waals surface area (Å²) in [6.45, 7) is 24.5. The van der Waals surface area contributed by atoms with Crippen molar-refractivity contribution >= 4 is 0 Å². The molecule has 132 valence electrons. The minimum Gasteiger partial charge on any atom is -0.693 e. The Balaban J connectivity index is -0.00000000201. The van der Waals surface area contributed by atoms with Gasteiger partial charge in [-0.05, 0) is 0 Å². The van der Waals surface area contributed by atoms with Crippen molar-refractivity contribution < 1.29 is 40.8 Å². The molecule has 0 rings (SSSR count). The maximum Gasteiger partial charge on any atom is 0 e. The largest absolute Gasteiger partial charge is 0.693 e. The van der Waals surface area contributed by atoms with Gasteiger partial charge in [-0.1, -0.05) is 33.7 Å². The SMILES string of the molecule is C.C=C.C=C.C=C=C.C=C=C.[CH3-].[CH3-].[CH3-].[CH3-].[NH2-].[NH2-].[Pd].[Pd]. The van der Waals surface area contributed by atoms with Gasteiger partial charge in [0.2, 0.25) is 0 Å². The maximum absolute atomic E-state index is 3.12. The standard InChI is InChI=1S/2C3H4.2C2H4.CH4.4CH3.2H2N.2Pd/c2*1-3-2;2*1-2;;;;;;;;;/h2*1-2H2;2*1-2H2;1H4;4*1H3;2*1H2;;/q;;;;;6*-1;;. The van der Waals surface area contributed by atoms with E-state index in [1.54, 1.807) is 0 Å². The molecule has 0 heterocycles. The predicted octanol–water partition coefficient (Wildman–Crippen LogP) is 7.39. The Labute approximate surface area is 154 Å². The summed E-state index contributed by atoms with van der Waals surface area (Å²) in [5.41, 5.74) is 4.50. The van der Waals surface area contributed by atoms with Crippen LogP contribution in [0, 0.1) is 29.7 Å². The average molecular weight is 457 g/mol. The molecule has 0 bridgehead atoms. The van der Waals surface area contributed by atoms with Gasteiger partial charge < -0.3 is 42.0 Å². The van der Waals surface area contributed by atoms with Gasteiger partial charge in [0.1, 0.15) is 0 Å². The van der Waals surface area contributed by atoms with Crippen molar-refractivity contribution in [1.82, 2.24) is 0 Å². The first-order valence-electron chi connectivity index (χ1n) is 2.41. The second-order valence-electron chi connectivity index (χ2n) is 0.500. The van der Waals surface area contributed by atoms with Crippen molar-refractivity contribution in [3.05, 3.63) is 106 Å². The number of rotatable bonds is 0. The first kappa shape index (κ1) is 178. The monoisotopic (exact) mass is 456 g/mol. The predicted molar refractivity (Wildman–Crippen MR) is 95.0 cm³/mol. The van der Waals surface area contributed by atoms with Crippen LogP contribution in [0.1, 0.15) is 7.43 Å². The summed E-state index contributed by atoms with van der Waals surface area (Å²) in [7, 11) is 0. The molecular weight excluding hydrogens is 421 g/mol. The summed E-state index contributed by atoms with van der Waals surface area (Å²) < 4.78 is 0. The Morgan fingerprint density at radius 1 is 0.474 bits per heavy atom. The Kier molecular flexibility index (Phi) is 15000. The second-order valence-corrected chi connectivity index (χ2v) is 0.500. The molecule has 19 heavy (non-hydrogen) atoms. The summed E-state index contributed by atoms with van der Waals surface area (Å²) in [5.74, 6) is 0. The fraction of sp³-hybridized carbons (Fsp3) is 0.0667. The first-order valence-corrected chi connectivity index (χ1v) is 2.41. The van der Waals surface area contributed by atoms with Crippen LogP contribution >= 0.6 is 0 Å². The van der Waals surface area contributed by atoms with E-state index in [4.69, 9.17) is 0 Å². The van der Waals surface area contributed by atoms with Gasteiger partial charge in [-0.3, -0.25) is 0 Å². The quantitative estimate of drug-likeness (QED) is 0.158. The van der Waals surface area contributed by atoms with Crippen LogP contribution in [0.15, 0.2) is 64.1 Å². The van der Waals surface area contributed by atoms with Crippen LogP contribution in [0.2, 0.25) is 0 Å². The van der Waals surface area contributed by atoms with E-state index in [0.29, 0.717) is 0 Å². The van der Waals surface area contributed by atoms with Gasteiger partial charge in [-0.25, -0.2) is 0 Å². The van der Waals surface area contributed by atoms with Crippen molar-refractivity contribution in [3.8, 4) is 0 Å². The molecule has 0 amide bonds. The summed E-state index contributed by atoms with van der Waals surface area (Å²) >= 11 is 0. The van der Waals surface area contributed by atoms with Gasteiger partial charge in [0.05, 0.1) is 0 Å². The van der Waals surface area contributed by atoms with Crippen LogP contribution in [-0.4, -0.2) is 0 Å². The second kappa shape index (κ2) is 1600. The van der Waals surface area contributed by atoms with Gasteiger partial charge >= 0.3 is 0 Å². The van der Waals surface area contributed by atoms with E-state index in [-0.39, 0.29) is 90.3 Å². The van der Waals surface area contributed by atoms with Crippen LogP contribution in [0.4, 0.5) is 0 Å². The average Bonchev–Trinajstić information content (AvgIpc) is 1.99. The minimum absolute atomic E-state index is 0. The summed E-state index contributed by atoms with van der Waals surface area (Å²) in [6, 6.07) is 0. The fourth-order valence-electron chi connectivity index (χ4n) is 0. The minimum atomic E-state index is 0. The molecule has 0 saturated carbocycles. The Morgan fingerprint density at radius 2 is 0.474 bits per heavy atom. The number of nitrogens with two attached hydrogens (primary N) is 2. The van der Waals surface area contributed by atoms with E-state index >= 15 is 0 Å². The zero-order valence-electron chi connectivity index (χ0n) is 12.4. The third kappa shape index (κ3) is 79700. The smallest absolute Gasteiger partial charge is 0 e. The molecule has 0 radical (unpaired) electrons. The van der Waals surface area contributed by atoms with Gasteiger partial charge in [0.15, 0.2) is 0 Å². The van der Waals surface area contributed by atoms with E-state index in [0.717, 1.165) is 0 Å². The summed E-state index contributed by atoms with van der Waals surface area (Å²) in [5, 5.41) is 0. The zero-order valence-corrected chi connectivity index (χ0v) is 15.6. The van der Waals surface area contributed by atoms with Crippen molar-refractivity contribution in [2.75, 3.05) is 0 Å². The molecule has 4 N–H and O–H groups in total. The van der Waals surface area contributed by atoms with Crippen LogP contribution in [-0.2, 0) is 40.8 Å². The Morgan fingerprint density at radius 3 is 0.474 bits per heavy atom. The van der Waals surface area contributed by atoms with E-state index in [9.17, 15) is 0 Å². The van der Waals surface area contributed by atoms with Crippen LogP contribution in [0.5, 0.6) is 0 Å². The van der Waals surface area contributed by atoms with E-state index < -0.39 is 0 Å². The fourth-order valence-corrected chi connectivity index (χ4v) is 0. The van der Waals surface area contributed by atoms with Gasteiger partial charge in [-0.2, -0.15) is 0 Å². The number of hydrogen-bond acceptors (Lipinski definition) is 0. The molecule has 0 aromatic carbocycles. The molecule has 0 aromatic rings. The molecule has 0 unspecified atom stereocenters. The van der Waals surface area contributed by atoms with E-state index in [2.05, 4.69) is 64.1 Å². The first-order chi connectivity index (χ1) is 4.83. The molecule has 0 atom stereocenters. The molecule has 0 aromatic heterocycles. The molecule has 0 aliphatic heterocycles. The maximum atomic E-state index is 3.12. The summed E-state index contributed by atoms with van der Waals surface area (Å²) in [6.07, 6.45) is 0. The van der Waals surface area contributed by atoms with Gasteiger partial charge in [-0.15, -0.1) is 37.8 Å². The van der Waals surface area contributed by atoms with Crippen LogP contribution < -0.4 is 0 Å². The van der Waals surface area contributed by atoms with Gasteiger partial charge in [0.25, 0.3) is 0 Å². The van der Waals surface area contributed by atoms with E-state index in [1.165, 1.54) is 0 Å². The van der Waals surface area contributed by atoms with Crippen LogP contribution in [0.25, 0.3) is 12.3 Å².